The van der Waals surface area contributed by atoms with E-state index in [1.807, 2.05) is 0 Å². The second-order valence-corrected chi connectivity index (χ2v) is 4.52. The molecule has 100 valence electrons. The molecule has 0 saturated heterocycles. The fourth-order valence-corrected chi connectivity index (χ4v) is 2.11. The molecular weight excluding hydrogens is 271 g/mol. The van der Waals surface area contributed by atoms with Gasteiger partial charge in [0.25, 0.3) is 5.56 Å². The summed E-state index contributed by atoms with van der Waals surface area (Å²) in [5.74, 6) is -0.710. The third-order valence-corrected chi connectivity index (χ3v) is 3.10. The lowest BCUT2D eigenvalue weighted by Crippen LogP contribution is -2.39. The number of rotatable bonds is 2. The maximum Gasteiger partial charge on any atom is 0.335 e. The van der Waals surface area contributed by atoms with Gasteiger partial charge in [-0.05, 0) is 32.0 Å². The Morgan fingerprint density at radius 3 is 2.53 bits per heavy atom. The highest BCUT2D eigenvalue weighted by molar-refractivity contribution is 6.30. The minimum Gasteiger partial charge on any atom is -0.298 e. The number of aryl methyl sites for hydroxylation is 1. The van der Waals surface area contributed by atoms with E-state index in [4.69, 9.17) is 11.6 Å². The second kappa shape index (κ2) is 5.01. The zero-order valence-corrected chi connectivity index (χ0v) is 11.2. The Kier molecular flexibility index (Phi) is 3.57. The minimum atomic E-state index is -0.710. The van der Waals surface area contributed by atoms with Crippen molar-refractivity contribution in [2.24, 2.45) is 0 Å². The fraction of sp³-hybridized carbons (Fsp3) is 0.231. The average molecular weight is 283 g/mol. The zero-order valence-electron chi connectivity index (χ0n) is 10.5. The lowest BCUT2D eigenvalue weighted by atomic mass is 10.3. The summed E-state index contributed by atoms with van der Waals surface area (Å²) in [5.41, 5.74) is -0.674. The predicted octanol–water partition coefficient (Wildman–Crippen LogP) is 2.12. The Morgan fingerprint density at radius 2 is 1.95 bits per heavy atom. The SMILES string of the molecule is CCn1c(C)cc(=O)n(-c2ccc(Cl)cc2F)c1=O. The van der Waals surface area contributed by atoms with Gasteiger partial charge in [0.2, 0.25) is 0 Å². The number of halogens is 2. The molecule has 0 saturated carbocycles. The Morgan fingerprint density at radius 1 is 1.26 bits per heavy atom. The van der Waals surface area contributed by atoms with Gasteiger partial charge in [0.1, 0.15) is 5.82 Å². The molecule has 1 aromatic carbocycles. The van der Waals surface area contributed by atoms with Crippen molar-refractivity contribution < 1.29 is 4.39 Å². The quantitative estimate of drug-likeness (QED) is 0.847. The predicted molar refractivity (Wildman–Crippen MR) is 71.7 cm³/mol. The Bertz CT molecular complexity index is 749. The molecule has 19 heavy (non-hydrogen) atoms. The first-order valence-corrected chi connectivity index (χ1v) is 6.12. The van der Waals surface area contributed by atoms with E-state index in [-0.39, 0.29) is 10.7 Å². The number of hydrogen-bond donors (Lipinski definition) is 0. The largest absolute Gasteiger partial charge is 0.335 e. The van der Waals surface area contributed by atoms with Crippen molar-refractivity contribution in [3.05, 3.63) is 61.6 Å². The highest BCUT2D eigenvalue weighted by atomic mass is 35.5. The summed E-state index contributed by atoms with van der Waals surface area (Å²) in [6.07, 6.45) is 0. The van der Waals surface area contributed by atoms with Crippen molar-refractivity contribution in [1.29, 1.82) is 0 Å². The zero-order chi connectivity index (χ0) is 14.2. The van der Waals surface area contributed by atoms with E-state index in [9.17, 15) is 14.0 Å². The molecule has 0 bridgehead atoms. The van der Waals surface area contributed by atoms with Crippen molar-refractivity contribution >= 4 is 11.6 Å². The molecule has 2 aromatic rings. The topological polar surface area (TPSA) is 44.0 Å². The van der Waals surface area contributed by atoms with Gasteiger partial charge in [0, 0.05) is 23.3 Å². The number of nitrogens with zero attached hydrogens (tertiary/aromatic N) is 2. The molecular formula is C13H12ClFN2O2. The normalized spacial score (nSPS) is 10.7. The van der Waals surface area contributed by atoms with Crippen LogP contribution in [0.25, 0.3) is 5.69 Å². The summed E-state index contributed by atoms with van der Waals surface area (Å²) >= 11 is 5.66. The summed E-state index contributed by atoms with van der Waals surface area (Å²) in [7, 11) is 0. The summed E-state index contributed by atoms with van der Waals surface area (Å²) in [4.78, 5) is 24.1. The molecule has 0 unspecified atom stereocenters. The lowest BCUT2D eigenvalue weighted by molar-refractivity contribution is 0.593. The van der Waals surface area contributed by atoms with E-state index in [2.05, 4.69) is 0 Å². The third kappa shape index (κ3) is 2.33. The molecule has 0 aliphatic rings. The molecule has 6 heteroatoms. The highest BCUT2D eigenvalue weighted by Gasteiger charge is 2.13. The molecule has 0 atom stereocenters. The van der Waals surface area contributed by atoms with Gasteiger partial charge < -0.3 is 0 Å². The van der Waals surface area contributed by atoms with Gasteiger partial charge >= 0.3 is 5.69 Å². The highest BCUT2D eigenvalue weighted by Crippen LogP contribution is 2.16. The van der Waals surface area contributed by atoms with Gasteiger partial charge in [-0.2, -0.15) is 0 Å². The van der Waals surface area contributed by atoms with Crippen LogP contribution in [0.3, 0.4) is 0 Å². The van der Waals surface area contributed by atoms with E-state index >= 15 is 0 Å². The summed E-state index contributed by atoms with van der Waals surface area (Å²) in [6, 6.07) is 5.12. The molecule has 1 aromatic heterocycles. The van der Waals surface area contributed by atoms with Crippen molar-refractivity contribution in [2.45, 2.75) is 20.4 Å². The summed E-state index contributed by atoms with van der Waals surface area (Å²) < 4.78 is 16.0. The lowest BCUT2D eigenvalue weighted by Gasteiger charge is -2.11. The second-order valence-electron chi connectivity index (χ2n) is 4.08. The Labute approximate surface area is 113 Å². The van der Waals surface area contributed by atoms with E-state index in [0.29, 0.717) is 12.2 Å². The van der Waals surface area contributed by atoms with Crippen LogP contribution in [0.2, 0.25) is 5.02 Å². The fourth-order valence-electron chi connectivity index (χ4n) is 1.96. The van der Waals surface area contributed by atoms with Crippen LogP contribution in [-0.2, 0) is 6.54 Å². The standard InChI is InChI=1S/C13H12ClFN2O2/c1-3-16-8(2)6-12(18)17(13(16)19)11-5-4-9(14)7-10(11)15/h4-7H,3H2,1-2H3. The summed E-state index contributed by atoms with van der Waals surface area (Å²) in [6.45, 7) is 3.84. The molecule has 0 radical (unpaired) electrons. The van der Waals surface area contributed by atoms with Crippen LogP contribution in [0.4, 0.5) is 4.39 Å². The Hall–Kier alpha value is -1.88. The van der Waals surface area contributed by atoms with Gasteiger partial charge in [-0.25, -0.2) is 13.8 Å². The third-order valence-electron chi connectivity index (χ3n) is 2.87. The van der Waals surface area contributed by atoms with Crippen LogP contribution in [0.15, 0.2) is 33.9 Å². The van der Waals surface area contributed by atoms with E-state index in [1.54, 1.807) is 13.8 Å². The molecule has 0 aliphatic carbocycles. The first-order chi connectivity index (χ1) is 8.95. The smallest absolute Gasteiger partial charge is 0.298 e. The molecule has 2 rings (SSSR count). The average Bonchev–Trinajstić information content (AvgIpc) is 2.31. The number of hydrogen-bond acceptors (Lipinski definition) is 2. The Balaban J connectivity index is 2.83. The van der Waals surface area contributed by atoms with Crippen LogP contribution < -0.4 is 11.2 Å². The van der Waals surface area contributed by atoms with E-state index < -0.39 is 17.1 Å². The first kappa shape index (κ1) is 13.5. The molecule has 1 heterocycles. The molecule has 4 nitrogen and oxygen atoms in total. The number of benzene rings is 1. The van der Waals surface area contributed by atoms with Gasteiger partial charge in [-0.1, -0.05) is 11.6 Å². The molecule has 0 amide bonds. The first-order valence-electron chi connectivity index (χ1n) is 5.74. The van der Waals surface area contributed by atoms with Crippen LogP contribution >= 0.6 is 11.6 Å². The van der Waals surface area contributed by atoms with Gasteiger partial charge in [0.15, 0.2) is 0 Å². The van der Waals surface area contributed by atoms with Gasteiger partial charge in [0.05, 0.1) is 5.69 Å². The monoisotopic (exact) mass is 282 g/mol. The van der Waals surface area contributed by atoms with E-state index in [1.165, 1.54) is 22.8 Å². The molecule has 0 spiro atoms. The maximum absolute atomic E-state index is 13.8. The van der Waals surface area contributed by atoms with Gasteiger partial charge in [-0.3, -0.25) is 9.36 Å². The van der Waals surface area contributed by atoms with Crippen molar-refractivity contribution in [1.82, 2.24) is 9.13 Å². The van der Waals surface area contributed by atoms with Crippen LogP contribution in [0, 0.1) is 12.7 Å². The van der Waals surface area contributed by atoms with Crippen LogP contribution in [-0.4, -0.2) is 9.13 Å². The van der Waals surface area contributed by atoms with Crippen molar-refractivity contribution in [3.63, 3.8) is 0 Å². The molecule has 0 fully saturated rings. The van der Waals surface area contributed by atoms with Crippen molar-refractivity contribution in [3.8, 4) is 5.69 Å². The van der Waals surface area contributed by atoms with E-state index in [0.717, 1.165) is 10.6 Å². The summed E-state index contributed by atoms with van der Waals surface area (Å²) in [5, 5.41) is 0.206. The maximum atomic E-state index is 13.8. The number of aromatic nitrogens is 2. The van der Waals surface area contributed by atoms with Crippen molar-refractivity contribution in [2.75, 3.05) is 0 Å². The van der Waals surface area contributed by atoms with Crippen LogP contribution in [0.1, 0.15) is 12.6 Å². The molecule has 0 aliphatic heterocycles. The van der Waals surface area contributed by atoms with Gasteiger partial charge in [-0.15, -0.1) is 0 Å². The van der Waals surface area contributed by atoms with Crippen LogP contribution in [0.5, 0.6) is 0 Å². The minimum absolute atomic E-state index is 0.0957. The molecule has 0 N–H and O–H groups in total.